The summed E-state index contributed by atoms with van der Waals surface area (Å²) in [6.45, 7) is 7.77. The number of hydrogen-bond acceptors (Lipinski definition) is 5. The SMILES string of the molecule is CCC(C)NC(=O)C(C)N(Cc1ccc(C)cc1)C(=O)COc1cc(OC)cc(OC)c1. The second-order valence-electron chi connectivity index (χ2n) is 7.84. The van der Waals surface area contributed by atoms with Gasteiger partial charge in [0.2, 0.25) is 5.91 Å². The third-order valence-electron chi connectivity index (χ3n) is 5.33. The van der Waals surface area contributed by atoms with Crippen molar-refractivity contribution in [2.24, 2.45) is 0 Å². The third-order valence-corrected chi connectivity index (χ3v) is 5.33. The zero-order chi connectivity index (χ0) is 23.7. The molecular formula is C25H34N2O5. The van der Waals surface area contributed by atoms with E-state index in [-0.39, 0.29) is 24.5 Å². The molecule has 174 valence electrons. The average Bonchev–Trinajstić information content (AvgIpc) is 2.81. The number of methoxy groups -OCH3 is 2. The first kappa shape index (κ1) is 25.0. The smallest absolute Gasteiger partial charge is 0.261 e. The Morgan fingerprint density at radius 1 is 0.969 bits per heavy atom. The molecule has 2 rings (SSSR count). The second kappa shape index (κ2) is 12.0. The lowest BCUT2D eigenvalue weighted by molar-refractivity contribution is -0.142. The Morgan fingerprint density at radius 2 is 1.53 bits per heavy atom. The Morgan fingerprint density at radius 3 is 2.06 bits per heavy atom. The Kier molecular flexibility index (Phi) is 9.38. The molecule has 0 aromatic heterocycles. The molecule has 2 atom stereocenters. The van der Waals surface area contributed by atoms with Gasteiger partial charge in [0.05, 0.1) is 14.2 Å². The van der Waals surface area contributed by atoms with Gasteiger partial charge in [0.25, 0.3) is 5.91 Å². The van der Waals surface area contributed by atoms with E-state index in [2.05, 4.69) is 5.32 Å². The van der Waals surface area contributed by atoms with Crippen molar-refractivity contribution >= 4 is 11.8 Å². The normalized spacial score (nSPS) is 12.4. The van der Waals surface area contributed by atoms with Crippen molar-refractivity contribution in [2.45, 2.75) is 52.7 Å². The summed E-state index contributed by atoms with van der Waals surface area (Å²) in [5.74, 6) is 1.08. The fourth-order valence-corrected chi connectivity index (χ4v) is 3.03. The topological polar surface area (TPSA) is 77.1 Å². The second-order valence-corrected chi connectivity index (χ2v) is 7.84. The molecule has 0 aliphatic heterocycles. The van der Waals surface area contributed by atoms with Gasteiger partial charge in [0.1, 0.15) is 23.3 Å². The fraction of sp³-hybridized carbons (Fsp3) is 0.440. The van der Waals surface area contributed by atoms with Crippen molar-refractivity contribution < 1.29 is 23.8 Å². The lowest BCUT2D eigenvalue weighted by Crippen LogP contribution is -2.50. The van der Waals surface area contributed by atoms with Crippen LogP contribution in [0.2, 0.25) is 0 Å². The van der Waals surface area contributed by atoms with Gasteiger partial charge in [-0.25, -0.2) is 0 Å². The number of carbonyl (C=O) groups excluding carboxylic acids is 2. The Bertz CT molecular complexity index is 875. The highest BCUT2D eigenvalue weighted by molar-refractivity contribution is 5.88. The van der Waals surface area contributed by atoms with E-state index >= 15 is 0 Å². The molecule has 0 saturated carbocycles. The molecule has 0 fully saturated rings. The molecule has 0 saturated heterocycles. The number of rotatable bonds is 11. The number of carbonyl (C=O) groups is 2. The van der Waals surface area contributed by atoms with Gasteiger partial charge >= 0.3 is 0 Å². The van der Waals surface area contributed by atoms with Crippen LogP contribution in [0.15, 0.2) is 42.5 Å². The summed E-state index contributed by atoms with van der Waals surface area (Å²) in [4.78, 5) is 27.5. The van der Waals surface area contributed by atoms with Crippen LogP contribution < -0.4 is 19.5 Å². The molecule has 0 heterocycles. The molecule has 2 aromatic carbocycles. The summed E-state index contributed by atoms with van der Waals surface area (Å²) in [5.41, 5.74) is 2.07. The van der Waals surface area contributed by atoms with Gasteiger partial charge in [-0.05, 0) is 32.8 Å². The van der Waals surface area contributed by atoms with Crippen molar-refractivity contribution in [1.82, 2.24) is 10.2 Å². The maximum absolute atomic E-state index is 13.2. The molecule has 1 N–H and O–H groups in total. The maximum atomic E-state index is 13.2. The van der Waals surface area contributed by atoms with E-state index in [0.717, 1.165) is 17.5 Å². The summed E-state index contributed by atoms with van der Waals surface area (Å²) in [5, 5.41) is 2.96. The molecule has 0 spiro atoms. The van der Waals surface area contributed by atoms with Crippen molar-refractivity contribution in [3.8, 4) is 17.2 Å². The molecular weight excluding hydrogens is 408 g/mol. The summed E-state index contributed by atoms with van der Waals surface area (Å²) in [6, 6.07) is 12.4. The minimum atomic E-state index is -0.652. The lowest BCUT2D eigenvalue weighted by atomic mass is 10.1. The average molecular weight is 443 g/mol. The number of aryl methyl sites for hydroxylation is 1. The summed E-state index contributed by atoms with van der Waals surface area (Å²) < 4.78 is 16.2. The van der Waals surface area contributed by atoms with Crippen molar-refractivity contribution in [2.75, 3.05) is 20.8 Å². The lowest BCUT2D eigenvalue weighted by Gasteiger charge is -2.29. The molecule has 0 bridgehead atoms. The van der Waals surface area contributed by atoms with E-state index in [0.29, 0.717) is 23.8 Å². The molecule has 0 radical (unpaired) electrons. The molecule has 7 nitrogen and oxygen atoms in total. The highest BCUT2D eigenvalue weighted by Crippen LogP contribution is 2.27. The van der Waals surface area contributed by atoms with E-state index < -0.39 is 6.04 Å². The van der Waals surface area contributed by atoms with Gasteiger partial charge < -0.3 is 24.4 Å². The first-order valence-corrected chi connectivity index (χ1v) is 10.8. The molecule has 0 aliphatic carbocycles. The molecule has 7 heteroatoms. The van der Waals surface area contributed by atoms with Crippen LogP contribution in [-0.4, -0.2) is 49.6 Å². The quantitative estimate of drug-likeness (QED) is 0.574. The van der Waals surface area contributed by atoms with E-state index in [1.165, 1.54) is 0 Å². The number of benzene rings is 2. The van der Waals surface area contributed by atoms with E-state index in [1.54, 1.807) is 44.2 Å². The van der Waals surface area contributed by atoms with Crippen LogP contribution in [0.1, 0.15) is 38.3 Å². The van der Waals surface area contributed by atoms with Crippen LogP contribution in [0.4, 0.5) is 0 Å². The monoisotopic (exact) mass is 442 g/mol. The van der Waals surface area contributed by atoms with Gasteiger partial charge in [0, 0.05) is 30.8 Å². The van der Waals surface area contributed by atoms with Gasteiger partial charge in [0.15, 0.2) is 6.61 Å². The van der Waals surface area contributed by atoms with Gasteiger partial charge in [-0.3, -0.25) is 9.59 Å². The highest BCUT2D eigenvalue weighted by atomic mass is 16.5. The fourth-order valence-electron chi connectivity index (χ4n) is 3.03. The van der Waals surface area contributed by atoms with Crippen LogP contribution in [0, 0.1) is 6.92 Å². The minimum Gasteiger partial charge on any atom is -0.496 e. The summed E-state index contributed by atoms with van der Waals surface area (Å²) in [6.07, 6.45) is 0.811. The first-order valence-electron chi connectivity index (χ1n) is 10.8. The number of nitrogens with one attached hydrogen (secondary N) is 1. The highest BCUT2D eigenvalue weighted by Gasteiger charge is 2.27. The van der Waals surface area contributed by atoms with Crippen LogP contribution >= 0.6 is 0 Å². The molecule has 32 heavy (non-hydrogen) atoms. The van der Waals surface area contributed by atoms with Crippen molar-refractivity contribution in [3.63, 3.8) is 0 Å². The summed E-state index contributed by atoms with van der Waals surface area (Å²) >= 11 is 0. The van der Waals surface area contributed by atoms with E-state index in [1.807, 2.05) is 45.0 Å². The van der Waals surface area contributed by atoms with Crippen molar-refractivity contribution in [3.05, 3.63) is 53.6 Å². The van der Waals surface area contributed by atoms with Crippen LogP contribution in [0.5, 0.6) is 17.2 Å². The largest absolute Gasteiger partial charge is 0.496 e. The Balaban J connectivity index is 2.18. The number of ether oxygens (including phenoxy) is 3. The molecule has 0 aliphatic rings. The Hall–Kier alpha value is -3.22. The zero-order valence-corrected chi connectivity index (χ0v) is 19.8. The number of amides is 2. The molecule has 2 amide bonds. The van der Waals surface area contributed by atoms with E-state index in [9.17, 15) is 9.59 Å². The van der Waals surface area contributed by atoms with Crippen molar-refractivity contribution in [1.29, 1.82) is 0 Å². The maximum Gasteiger partial charge on any atom is 0.261 e. The van der Waals surface area contributed by atoms with Gasteiger partial charge in [-0.2, -0.15) is 0 Å². The number of hydrogen-bond donors (Lipinski definition) is 1. The number of nitrogens with zero attached hydrogens (tertiary/aromatic N) is 1. The van der Waals surface area contributed by atoms with Crippen LogP contribution in [-0.2, 0) is 16.1 Å². The standard InChI is InChI=1S/C25H34N2O5/c1-7-18(3)26-25(29)19(4)27(15-20-10-8-17(2)9-11-20)24(28)16-32-23-13-21(30-5)12-22(14-23)31-6/h8-14,18-19H,7,15-16H2,1-6H3,(H,26,29). The summed E-state index contributed by atoms with van der Waals surface area (Å²) in [7, 11) is 3.09. The predicted molar refractivity (Wildman–Crippen MR) is 124 cm³/mol. The molecule has 2 unspecified atom stereocenters. The minimum absolute atomic E-state index is 0.0294. The van der Waals surface area contributed by atoms with Crippen LogP contribution in [0.25, 0.3) is 0 Å². The zero-order valence-electron chi connectivity index (χ0n) is 19.8. The van der Waals surface area contributed by atoms with Gasteiger partial charge in [-0.15, -0.1) is 0 Å². The van der Waals surface area contributed by atoms with Crippen LogP contribution in [0.3, 0.4) is 0 Å². The molecule has 2 aromatic rings. The predicted octanol–water partition coefficient (Wildman–Crippen LogP) is 3.72. The Labute approximate surface area is 190 Å². The van der Waals surface area contributed by atoms with E-state index in [4.69, 9.17) is 14.2 Å². The van der Waals surface area contributed by atoms with Gasteiger partial charge in [-0.1, -0.05) is 36.8 Å². The first-order chi connectivity index (χ1) is 15.3. The third kappa shape index (κ3) is 7.18.